The smallest absolute Gasteiger partial charge is 0.781 e. The molecular weight excluding hydrogens is 150 g/mol. The van der Waals surface area contributed by atoms with Gasteiger partial charge >= 0.3 is 37.7 Å². The Balaban J connectivity index is 0. The molecule has 10 heavy (non-hydrogen) atoms. The van der Waals surface area contributed by atoms with Crippen LogP contribution in [0.4, 0.5) is 0 Å². The van der Waals surface area contributed by atoms with Crippen molar-refractivity contribution in [2.24, 2.45) is 0 Å². The van der Waals surface area contributed by atoms with Crippen molar-refractivity contribution in [2.45, 2.75) is 9.79 Å². The third-order valence-electron chi connectivity index (χ3n) is 0.849. The maximum absolute atomic E-state index is 4.85. The minimum atomic E-state index is 0. The van der Waals surface area contributed by atoms with E-state index in [4.69, 9.17) is 25.3 Å². The standard InChI is InChI=1S/C6H6S2.2Li/c7-5-3-1-2-4-6(5)8;;/h1-4,7-8H;;/q;2*+1/p-2. The summed E-state index contributed by atoms with van der Waals surface area (Å²) in [4.78, 5) is 1.53. The first-order valence-corrected chi connectivity index (χ1v) is 3.05. The molecule has 0 atom stereocenters. The van der Waals surface area contributed by atoms with Gasteiger partial charge in [-0.05, 0) is 0 Å². The molecule has 1 rings (SSSR count). The Hall–Kier alpha value is 0.855. The molecule has 0 radical (unpaired) electrons. The summed E-state index contributed by atoms with van der Waals surface area (Å²) in [5.41, 5.74) is 0. The zero-order valence-corrected chi connectivity index (χ0v) is 7.76. The largest absolute Gasteiger partial charge is 1.00 e. The number of benzene rings is 1. The van der Waals surface area contributed by atoms with Gasteiger partial charge in [-0.25, -0.2) is 0 Å². The van der Waals surface area contributed by atoms with Gasteiger partial charge in [0.05, 0.1) is 0 Å². The van der Waals surface area contributed by atoms with E-state index in [0.29, 0.717) is 0 Å². The van der Waals surface area contributed by atoms with E-state index in [1.807, 2.05) is 24.3 Å². The quantitative estimate of drug-likeness (QED) is 0.273. The van der Waals surface area contributed by atoms with Crippen LogP contribution in [-0.2, 0) is 25.3 Å². The molecule has 0 aliphatic rings. The fourth-order valence-corrected chi connectivity index (χ4v) is 0.743. The molecule has 0 N–H and O–H groups in total. The Bertz CT molecular complexity index is 170. The molecule has 0 nitrogen and oxygen atoms in total. The average Bonchev–Trinajstić information content (AvgIpc) is 1.77. The molecule has 0 aliphatic carbocycles. The van der Waals surface area contributed by atoms with Crippen LogP contribution in [0.2, 0.25) is 0 Å². The Morgan fingerprint density at radius 2 is 1.10 bits per heavy atom. The van der Waals surface area contributed by atoms with Crippen molar-refractivity contribution in [1.29, 1.82) is 0 Å². The second kappa shape index (κ2) is 6.56. The van der Waals surface area contributed by atoms with E-state index >= 15 is 0 Å². The molecular formula is C6H4Li2S2. The molecule has 0 aromatic heterocycles. The van der Waals surface area contributed by atoms with Gasteiger partial charge in [0.25, 0.3) is 0 Å². The molecule has 0 fully saturated rings. The zero-order valence-electron chi connectivity index (χ0n) is 6.13. The first-order valence-electron chi connectivity index (χ1n) is 2.24. The van der Waals surface area contributed by atoms with Crippen LogP contribution < -0.4 is 37.7 Å². The maximum atomic E-state index is 4.85. The summed E-state index contributed by atoms with van der Waals surface area (Å²) in [5.74, 6) is 0. The van der Waals surface area contributed by atoms with Crippen LogP contribution >= 0.6 is 0 Å². The molecule has 0 amide bonds. The van der Waals surface area contributed by atoms with Crippen LogP contribution in [0.5, 0.6) is 0 Å². The summed E-state index contributed by atoms with van der Waals surface area (Å²) < 4.78 is 0. The molecule has 0 saturated carbocycles. The Morgan fingerprint density at radius 3 is 1.30 bits per heavy atom. The van der Waals surface area contributed by atoms with E-state index in [2.05, 4.69) is 0 Å². The van der Waals surface area contributed by atoms with Gasteiger partial charge in [-0.2, -0.15) is 9.79 Å². The van der Waals surface area contributed by atoms with Crippen LogP contribution in [0.15, 0.2) is 34.1 Å². The topological polar surface area (TPSA) is 0 Å². The summed E-state index contributed by atoms with van der Waals surface area (Å²) in [6.07, 6.45) is 0. The molecule has 0 aliphatic heterocycles. The molecule has 1 aromatic rings. The molecule has 4 heteroatoms. The zero-order chi connectivity index (χ0) is 5.98. The predicted octanol–water partition coefficient (Wildman–Crippen LogP) is -4.49. The van der Waals surface area contributed by atoms with Crippen molar-refractivity contribution in [3.63, 3.8) is 0 Å². The summed E-state index contributed by atoms with van der Waals surface area (Å²) in [7, 11) is 0. The van der Waals surface area contributed by atoms with E-state index < -0.39 is 0 Å². The van der Waals surface area contributed by atoms with Crippen molar-refractivity contribution in [1.82, 2.24) is 0 Å². The van der Waals surface area contributed by atoms with Gasteiger partial charge in [0.1, 0.15) is 0 Å². The Kier molecular flexibility index (Phi) is 8.82. The van der Waals surface area contributed by atoms with Gasteiger partial charge < -0.3 is 25.3 Å². The third kappa shape index (κ3) is 3.89. The van der Waals surface area contributed by atoms with Crippen molar-refractivity contribution in [3.8, 4) is 0 Å². The van der Waals surface area contributed by atoms with E-state index in [9.17, 15) is 0 Å². The van der Waals surface area contributed by atoms with Crippen molar-refractivity contribution >= 4 is 25.3 Å². The maximum Gasteiger partial charge on any atom is 1.00 e. The molecule has 0 unspecified atom stereocenters. The van der Waals surface area contributed by atoms with Crippen molar-refractivity contribution < 1.29 is 37.7 Å². The van der Waals surface area contributed by atoms with Gasteiger partial charge in [-0.15, -0.1) is 0 Å². The van der Waals surface area contributed by atoms with Crippen LogP contribution in [0.1, 0.15) is 0 Å². The SMILES string of the molecule is [Li+].[Li+].[S-]c1ccccc1[S-]. The van der Waals surface area contributed by atoms with E-state index in [1.165, 1.54) is 0 Å². The summed E-state index contributed by atoms with van der Waals surface area (Å²) in [5, 5.41) is 0. The second-order valence-electron chi connectivity index (χ2n) is 1.45. The number of rotatable bonds is 0. The molecule has 42 valence electrons. The van der Waals surface area contributed by atoms with Crippen LogP contribution in [0.3, 0.4) is 0 Å². The monoisotopic (exact) mass is 154 g/mol. The van der Waals surface area contributed by atoms with E-state index in [0.717, 1.165) is 9.79 Å². The van der Waals surface area contributed by atoms with E-state index in [-0.39, 0.29) is 37.7 Å². The third-order valence-corrected chi connectivity index (χ3v) is 1.69. The van der Waals surface area contributed by atoms with Crippen LogP contribution in [-0.4, -0.2) is 0 Å². The summed E-state index contributed by atoms with van der Waals surface area (Å²) in [6, 6.07) is 7.44. The van der Waals surface area contributed by atoms with Gasteiger partial charge in [-0.3, -0.25) is 0 Å². The van der Waals surface area contributed by atoms with Gasteiger partial charge in [0.2, 0.25) is 0 Å². The van der Waals surface area contributed by atoms with Crippen LogP contribution in [0.25, 0.3) is 0 Å². The fraction of sp³-hybridized carbons (Fsp3) is 0. The minimum Gasteiger partial charge on any atom is -0.781 e. The van der Waals surface area contributed by atoms with Crippen LogP contribution in [0, 0.1) is 0 Å². The number of hydrogen-bond donors (Lipinski definition) is 0. The predicted molar refractivity (Wildman–Crippen MR) is 37.7 cm³/mol. The summed E-state index contributed by atoms with van der Waals surface area (Å²) >= 11 is 9.70. The first-order chi connectivity index (χ1) is 3.80. The summed E-state index contributed by atoms with van der Waals surface area (Å²) in [6.45, 7) is 0. The molecule has 0 spiro atoms. The van der Waals surface area contributed by atoms with Gasteiger partial charge in [0.15, 0.2) is 0 Å². The molecule has 0 heterocycles. The fourth-order valence-electron chi connectivity index (χ4n) is 0.450. The second-order valence-corrected chi connectivity index (χ2v) is 2.33. The van der Waals surface area contributed by atoms with Gasteiger partial charge in [-0.1, -0.05) is 24.3 Å². The average molecular weight is 154 g/mol. The Labute approximate surface area is 96.3 Å². The van der Waals surface area contributed by atoms with Gasteiger partial charge in [0, 0.05) is 0 Å². The molecule has 0 bridgehead atoms. The molecule has 0 saturated heterocycles. The normalized spacial score (nSPS) is 7.20. The van der Waals surface area contributed by atoms with Crippen molar-refractivity contribution in [2.75, 3.05) is 0 Å². The molecule has 1 aromatic carbocycles. The first kappa shape index (κ1) is 13.4. The Morgan fingerprint density at radius 1 is 0.800 bits per heavy atom. The van der Waals surface area contributed by atoms with Crippen molar-refractivity contribution in [3.05, 3.63) is 24.3 Å². The number of hydrogen-bond acceptors (Lipinski definition) is 2. The van der Waals surface area contributed by atoms with E-state index in [1.54, 1.807) is 0 Å². The minimum absolute atomic E-state index is 0.